The van der Waals surface area contributed by atoms with Gasteiger partial charge in [0.1, 0.15) is 28.7 Å². The first-order valence-corrected chi connectivity index (χ1v) is 10.7. The quantitative estimate of drug-likeness (QED) is 0.303. The lowest BCUT2D eigenvalue weighted by atomic mass is 10.1. The Morgan fingerprint density at radius 2 is 1.12 bits per heavy atom. The van der Waals surface area contributed by atoms with Crippen LogP contribution in [0.1, 0.15) is 22.3 Å². The molecule has 0 amide bonds. The average Bonchev–Trinajstić information content (AvgIpc) is 2.78. The van der Waals surface area contributed by atoms with E-state index in [1.54, 1.807) is 18.2 Å². The van der Waals surface area contributed by atoms with Gasteiger partial charge in [0.2, 0.25) is 0 Å². The number of benzene rings is 4. The third kappa shape index (κ3) is 4.58. The van der Waals surface area contributed by atoms with Gasteiger partial charge in [-0.2, -0.15) is 0 Å². The van der Waals surface area contributed by atoms with Crippen molar-refractivity contribution in [3.63, 3.8) is 0 Å². The van der Waals surface area contributed by atoms with Crippen molar-refractivity contribution >= 4 is 17.1 Å². The highest BCUT2D eigenvalue weighted by Crippen LogP contribution is 2.44. The lowest BCUT2D eigenvalue weighted by molar-refractivity contribution is 0.450. The molecule has 0 heterocycles. The summed E-state index contributed by atoms with van der Waals surface area (Å²) in [5, 5.41) is 31.3. The molecule has 0 fully saturated rings. The number of aryl methyl sites for hydroxylation is 4. The minimum absolute atomic E-state index is 0.104. The molecule has 5 heteroatoms. The first-order valence-electron chi connectivity index (χ1n) is 10.7. The Morgan fingerprint density at radius 1 is 0.576 bits per heavy atom. The average molecular weight is 442 g/mol. The van der Waals surface area contributed by atoms with Crippen LogP contribution in [0.5, 0.6) is 28.7 Å². The second-order valence-electron chi connectivity index (χ2n) is 8.32. The molecular weight excluding hydrogens is 414 g/mol. The van der Waals surface area contributed by atoms with Crippen LogP contribution < -0.4 is 9.64 Å². The van der Waals surface area contributed by atoms with Crippen LogP contribution in [0.4, 0.5) is 17.1 Å². The van der Waals surface area contributed by atoms with Gasteiger partial charge in [0.05, 0.1) is 11.4 Å². The number of nitrogens with zero attached hydrogens (tertiary/aromatic N) is 1. The summed E-state index contributed by atoms with van der Waals surface area (Å²) in [6.45, 7) is 7.68. The Labute approximate surface area is 193 Å². The molecule has 0 spiro atoms. The van der Waals surface area contributed by atoms with Gasteiger partial charge in [0, 0.05) is 11.8 Å². The predicted octanol–water partition coefficient (Wildman–Crippen LogP) is 7.30. The molecule has 168 valence electrons. The molecule has 0 aromatic heterocycles. The molecule has 5 nitrogen and oxygen atoms in total. The van der Waals surface area contributed by atoms with Gasteiger partial charge in [-0.3, -0.25) is 0 Å². The van der Waals surface area contributed by atoms with Crippen LogP contribution in [-0.4, -0.2) is 15.3 Å². The lowest BCUT2D eigenvalue weighted by Crippen LogP contribution is -2.11. The van der Waals surface area contributed by atoms with Crippen LogP contribution in [0, 0.1) is 27.7 Å². The summed E-state index contributed by atoms with van der Waals surface area (Å²) in [6, 6.07) is 21.6. The van der Waals surface area contributed by atoms with Crippen LogP contribution in [0.3, 0.4) is 0 Å². The molecule has 0 aliphatic rings. The van der Waals surface area contributed by atoms with Crippen LogP contribution in [0.15, 0.2) is 72.8 Å². The summed E-state index contributed by atoms with van der Waals surface area (Å²) in [4.78, 5) is 1.82. The standard InChI is InChI=1S/C28H27NO4/c1-17-5-11-25(30)23(13-17)29(24-14-18(2)6-12-26(24)31)21-7-9-22(10-8-21)33-28-16-27(32)19(3)15-20(28)4/h5-16,30-32H,1-4H3. The summed E-state index contributed by atoms with van der Waals surface area (Å²) < 4.78 is 6.00. The van der Waals surface area contributed by atoms with Crippen molar-refractivity contribution in [1.29, 1.82) is 0 Å². The van der Waals surface area contributed by atoms with Crippen molar-refractivity contribution in [3.05, 3.63) is 95.1 Å². The maximum atomic E-state index is 10.6. The maximum Gasteiger partial charge on any atom is 0.139 e. The van der Waals surface area contributed by atoms with E-state index in [2.05, 4.69) is 0 Å². The number of hydrogen-bond donors (Lipinski definition) is 3. The number of hydrogen-bond acceptors (Lipinski definition) is 5. The van der Waals surface area contributed by atoms with Crippen LogP contribution in [0.2, 0.25) is 0 Å². The van der Waals surface area contributed by atoms with Crippen molar-refractivity contribution in [2.75, 3.05) is 4.90 Å². The first kappa shape index (κ1) is 22.1. The number of phenolic OH excluding ortho intramolecular Hbond substituents is 3. The van der Waals surface area contributed by atoms with Gasteiger partial charge < -0.3 is 25.0 Å². The van der Waals surface area contributed by atoms with Crippen molar-refractivity contribution in [2.24, 2.45) is 0 Å². The van der Waals surface area contributed by atoms with Crippen molar-refractivity contribution in [1.82, 2.24) is 0 Å². The number of rotatable bonds is 5. The molecule has 0 aliphatic carbocycles. The Bertz CT molecular complexity index is 1260. The third-order valence-corrected chi connectivity index (χ3v) is 5.56. The summed E-state index contributed by atoms with van der Waals surface area (Å²) >= 11 is 0. The van der Waals surface area contributed by atoms with Crippen molar-refractivity contribution in [2.45, 2.75) is 27.7 Å². The number of ether oxygens (including phenoxy) is 1. The Balaban J connectivity index is 1.76. The van der Waals surface area contributed by atoms with E-state index in [0.717, 1.165) is 27.9 Å². The first-order chi connectivity index (χ1) is 15.7. The van der Waals surface area contributed by atoms with Gasteiger partial charge in [-0.25, -0.2) is 0 Å². The van der Waals surface area contributed by atoms with Gasteiger partial charge in [-0.05, 0) is 105 Å². The molecule has 0 atom stereocenters. The van der Waals surface area contributed by atoms with Crippen LogP contribution in [-0.2, 0) is 0 Å². The summed E-state index contributed by atoms with van der Waals surface area (Å²) in [5.41, 5.74) is 5.54. The molecule has 0 radical (unpaired) electrons. The van der Waals surface area contributed by atoms with Gasteiger partial charge in [0.25, 0.3) is 0 Å². The molecule has 0 aliphatic heterocycles. The highest BCUT2D eigenvalue weighted by molar-refractivity contribution is 5.83. The lowest BCUT2D eigenvalue weighted by Gasteiger charge is -2.27. The van der Waals surface area contributed by atoms with Gasteiger partial charge in [-0.1, -0.05) is 12.1 Å². The number of anilines is 3. The largest absolute Gasteiger partial charge is 0.508 e. The third-order valence-electron chi connectivity index (χ3n) is 5.56. The molecule has 3 N–H and O–H groups in total. The molecule has 4 aromatic rings. The highest BCUT2D eigenvalue weighted by Gasteiger charge is 2.20. The Hall–Kier alpha value is -4.12. The van der Waals surface area contributed by atoms with Gasteiger partial charge >= 0.3 is 0 Å². The molecule has 0 bridgehead atoms. The van der Waals surface area contributed by atoms with E-state index in [0.29, 0.717) is 22.9 Å². The maximum absolute atomic E-state index is 10.6. The van der Waals surface area contributed by atoms with Gasteiger partial charge in [0.15, 0.2) is 0 Å². The van der Waals surface area contributed by atoms with E-state index in [1.807, 2.05) is 87.2 Å². The molecular formula is C28H27NO4. The zero-order chi connectivity index (χ0) is 23.7. The monoisotopic (exact) mass is 441 g/mol. The summed E-state index contributed by atoms with van der Waals surface area (Å²) in [6.07, 6.45) is 0. The number of aromatic hydroxyl groups is 3. The topological polar surface area (TPSA) is 73.2 Å². The van der Waals surface area contributed by atoms with E-state index >= 15 is 0 Å². The predicted molar refractivity (Wildman–Crippen MR) is 132 cm³/mol. The molecule has 0 unspecified atom stereocenters. The highest BCUT2D eigenvalue weighted by atomic mass is 16.5. The van der Waals surface area contributed by atoms with Crippen LogP contribution >= 0.6 is 0 Å². The molecule has 0 saturated heterocycles. The van der Waals surface area contributed by atoms with E-state index in [-0.39, 0.29) is 17.2 Å². The SMILES string of the molecule is Cc1ccc(O)c(N(c2ccc(Oc3cc(O)c(C)cc3C)cc2)c2cc(C)ccc2O)c1. The zero-order valence-corrected chi connectivity index (χ0v) is 19.1. The minimum atomic E-state index is 0.104. The second-order valence-corrected chi connectivity index (χ2v) is 8.32. The van der Waals surface area contributed by atoms with E-state index in [9.17, 15) is 15.3 Å². The zero-order valence-electron chi connectivity index (χ0n) is 19.1. The molecule has 4 aromatic carbocycles. The Morgan fingerprint density at radius 3 is 1.67 bits per heavy atom. The second kappa shape index (κ2) is 8.79. The normalized spacial score (nSPS) is 10.8. The van der Waals surface area contributed by atoms with Crippen LogP contribution in [0.25, 0.3) is 0 Å². The molecule has 4 rings (SSSR count). The van der Waals surface area contributed by atoms with Gasteiger partial charge in [-0.15, -0.1) is 0 Å². The van der Waals surface area contributed by atoms with Crippen molar-refractivity contribution in [3.8, 4) is 28.7 Å². The van der Waals surface area contributed by atoms with E-state index in [4.69, 9.17) is 4.74 Å². The van der Waals surface area contributed by atoms with E-state index < -0.39 is 0 Å². The van der Waals surface area contributed by atoms with Crippen molar-refractivity contribution < 1.29 is 20.1 Å². The Kier molecular flexibility index (Phi) is 5.88. The molecule has 33 heavy (non-hydrogen) atoms. The summed E-state index contributed by atoms with van der Waals surface area (Å²) in [5.74, 6) is 1.57. The fourth-order valence-electron chi connectivity index (χ4n) is 3.75. The van der Waals surface area contributed by atoms with E-state index in [1.165, 1.54) is 0 Å². The summed E-state index contributed by atoms with van der Waals surface area (Å²) in [7, 11) is 0. The smallest absolute Gasteiger partial charge is 0.139 e. The molecule has 0 saturated carbocycles. The number of phenols is 3. The fraction of sp³-hybridized carbons (Fsp3) is 0.143. The minimum Gasteiger partial charge on any atom is -0.508 e. The fourth-order valence-corrected chi connectivity index (χ4v) is 3.75.